The van der Waals surface area contributed by atoms with Crippen molar-refractivity contribution in [2.24, 2.45) is 5.14 Å². The molecule has 0 spiro atoms. The summed E-state index contributed by atoms with van der Waals surface area (Å²) in [6.45, 7) is 0. The van der Waals surface area contributed by atoms with E-state index in [0.717, 1.165) is 6.07 Å². The van der Waals surface area contributed by atoms with Gasteiger partial charge in [0.1, 0.15) is 5.82 Å². The van der Waals surface area contributed by atoms with E-state index in [1.165, 1.54) is 36.4 Å². The number of benzene rings is 2. The molecule has 2 rings (SSSR count). The maximum Gasteiger partial charge on any atom is 0.258 e. The molecule has 0 heterocycles. The fraction of sp³-hybridized carbons (Fsp3) is 0. The monoisotopic (exact) mass is 309 g/mol. The quantitative estimate of drug-likeness (QED) is 0.741. The van der Waals surface area contributed by atoms with E-state index in [0.29, 0.717) is 0 Å². The molecule has 2 aromatic rings. The summed E-state index contributed by atoms with van der Waals surface area (Å²) in [4.78, 5) is 11.8. The van der Waals surface area contributed by atoms with E-state index in [1.807, 2.05) is 0 Å². The molecule has 1 amide bonds. The van der Waals surface area contributed by atoms with Crippen LogP contribution in [-0.2, 0) is 10.0 Å². The summed E-state index contributed by atoms with van der Waals surface area (Å²) in [6.07, 6.45) is 0. The van der Waals surface area contributed by atoms with Crippen LogP contribution < -0.4 is 16.2 Å². The number of amides is 1. The molecular weight excluding hydrogens is 297 g/mol. The lowest BCUT2D eigenvalue weighted by Crippen LogP contribution is -2.16. The summed E-state index contributed by atoms with van der Waals surface area (Å²) in [5, 5.41) is 7.38. The molecule has 8 heteroatoms. The van der Waals surface area contributed by atoms with Crippen LogP contribution in [0.2, 0.25) is 0 Å². The second-order valence-electron chi connectivity index (χ2n) is 4.27. The van der Waals surface area contributed by atoms with Crippen molar-refractivity contribution in [3.05, 3.63) is 53.8 Å². The number of nitrogen functional groups attached to an aromatic ring is 1. The van der Waals surface area contributed by atoms with Gasteiger partial charge in [-0.3, -0.25) is 4.79 Å². The Kier molecular flexibility index (Phi) is 3.92. The number of nitrogens with two attached hydrogens (primary N) is 2. The van der Waals surface area contributed by atoms with Crippen molar-refractivity contribution in [3.63, 3.8) is 0 Å². The van der Waals surface area contributed by atoms with Gasteiger partial charge in [0.05, 0.1) is 10.5 Å². The van der Waals surface area contributed by atoms with Gasteiger partial charge < -0.3 is 11.1 Å². The maximum atomic E-state index is 13.6. The number of sulfonamides is 1. The van der Waals surface area contributed by atoms with Crippen LogP contribution in [0.25, 0.3) is 0 Å². The fourth-order valence-electron chi connectivity index (χ4n) is 1.67. The smallest absolute Gasteiger partial charge is 0.258 e. The maximum absolute atomic E-state index is 13.6. The summed E-state index contributed by atoms with van der Waals surface area (Å²) in [5.74, 6) is -1.48. The molecule has 2 aromatic carbocycles. The zero-order chi connectivity index (χ0) is 15.6. The minimum Gasteiger partial charge on any atom is -0.399 e. The summed E-state index contributed by atoms with van der Waals surface area (Å²) < 4.78 is 36.0. The molecule has 0 aromatic heterocycles. The van der Waals surface area contributed by atoms with Gasteiger partial charge in [0.25, 0.3) is 5.91 Å². The molecule has 0 aliphatic carbocycles. The largest absolute Gasteiger partial charge is 0.399 e. The van der Waals surface area contributed by atoms with Gasteiger partial charge in [-0.25, -0.2) is 17.9 Å². The van der Waals surface area contributed by atoms with Crippen molar-refractivity contribution in [1.82, 2.24) is 0 Å². The molecule has 0 saturated heterocycles. The van der Waals surface area contributed by atoms with E-state index in [2.05, 4.69) is 5.32 Å². The van der Waals surface area contributed by atoms with Crippen molar-refractivity contribution < 1.29 is 17.6 Å². The van der Waals surface area contributed by atoms with Gasteiger partial charge in [-0.1, -0.05) is 6.07 Å². The first kappa shape index (κ1) is 14.9. The van der Waals surface area contributed by atoms with E-state index >= 15 is 0 Å². The third kappa shape index (κ3) is 3.56. The molecule has 21 heavy (non-hydrogen) atoms. The number of primary sulfonamides is 1. The van der Waals surface area contributed by atoms with E-state index in [-0.39, 0.29) is 21.8 Å². The van der Waals surface area contributed by atoms with E-state index in [1.54, 1.807) is 0 Å². The highest BCUT2D eigenvalue weighted by atomic mass is 32.2. The van der Waals surface area contributed by atoms with Gasteiger partial charge in [0, 0.05) is 11.4 Å². The third-order valence-corrected chi connectivity index (χ3v) is 3.57. The Morgan fingerprint density at radius 1 is 1.14 bits per heavy atom. The molecule has 110 valence electrons. The summed E-state index contributed by atoms with van der Waals surface area (Å²) in [5.41, 5.74) is 5.67. The Morgan fingerprint density at radius 2 is 1.86 bits per heavy atom. The predicted molar refractivity (Wildman–Crippen MR) is 76.6 cm³/mol. The lowest BCUT2D eigenvalue weighted by atomic mass is 10.1. The van der Waals surface area contributed by atoms with Gasteiger partial charge in [0.15, 0.2) is 0 Å². The number of anilines is 2. The number of nitrogens with one attached hydrogen (secondary N) is 1. The average Bonchev–Trinajstić information content (AvgIpc) is 2.41. The Labute approximate surface area is 120 Å². The minimum absolute atomic E-state index is 0.159. The number of hydrogen-bond donors (Lipinski definition) is 3. The topological polar surface area (TPSA) is 115 Å². The highest BCUT2D eigenvalue weighted by Crippen LogP contribution is 2.17. The Balaban J connectivity index is 2.30. The predicted octanol–water partition coefficient (Wildman–Crippen LogP) is 1.31. The molecule has 0 aliphatic heterocycles. The van der Waals surface area contributed by atoms with Crippen LogP contribution in [-0.4, -0.2) is 14.3 Å². The fourth-order valence-corrected chi connectivity index (χ4v) is 2.23. The number of rotatable bonds is 3. The van der Waals surface area contributed by atoms with Crippen molar-refractivity contribution >= 4 is 27.3 Å². The highest BCUT2D eigenvalue weighted by molar-refractivity contribution is 7.89. The van der Waals surface area contributed by atoms with E-state index in [9.17, 15) is 17.6 Å². The normalized spacial score (nSPS) is 11.1. The number of hydrogen-bond acceptors (Lipinski definition) is 4. The van der Waals surface area contributed by atoms with Crippen molar-refractivity contribution in [3.8, 4) is 0 Å². The van der Waals surface area contributed by atoms with Gasteiger partial charge in [0.2, 0.25) is 10.0 Å². The van der Waals surface area contributed by atoms with Crippen LogP contribution in [0.3, 0.4) is 0 Å². The standard InChI is InChI=1S/C13H12FN3O3S/c14-12-5-4-8(15)6-11(12)13(18)17-9-2-1-3-10(7-9)21(16,19)20/h1-7H,15H2,(H,17,18)(H2,16,19,20). The van der Waals surface area contributed by atoms with Crippen LogP contribution >= 0.6 is 0 Å². The lowest BCUT2D eigenvalue weighted by molar-refractivity contribution is 0.102. The van der Waals surface area contributed by atoms with Gasteiger partial charge >= 0.3 is 0 Å². The average molecular weight is 309 g/mol. The molecule has 0 radical (unpaired) electrons. The highest BCUT2D eigenvalue weighted by Gasteiger charge is 2.14. The van der Waals surface area contributed by atoms with Gasteiger partial charge in [-0.2, -0.15) is 0 Å². The summed E-state index contributed by atoms with van der Waals surface area (Å²) >= 11 is 0. The second-order valence-corrected chi connectivity index (χ2v) is 5.83. The van der Waals surface area contributed by atoms with Crippen molar-refractivity contribution in [1.29, 1.82) is 0 Å². The van der Waals surface area contributed by atoms with Gasteiger partial charge in [-0.15, -0.1) is 0 Å². The number of halogens is 1. The van der Waals surface area contributed by atoms with E-state index in [4.69, 9.17) is 10.9 Å². The van der Waals surface area contributed by atoms with Crippen LogP contribution in [0.5, 0.6) is 0 Å². The van der Waals surface area contributed by atoms with Gasteiger partial charge in [-0.05, 0) is 36.4 Å². The minimum atomic E-state index is -3.89. The molecular formula is C13H12FN3O3S. The summed E-state index contributed by atoms with van der Waals surface area (Å²) in [7, 11) is -3.89. The Bertz CT molecular complexity index is 806. The molecule has 5 N–H and O–H groups in total. The number of carbonyl (C=O) groups excluding carboxylic acids is 1. The molecule has 0 aliphatic rings. The Hall–Kier alpha value is -2.45. The van der Waals surface area contributed by atoms with Crippen LogP contribution in [0.15, 0.2) is 47.4 Å². The SMILES string of the molecule is Nc1ccc(F)c(C(=O)Nc2cccc(S(N)(=O)=O)c2)c1. The summed E-state index contributed by atoms with van der Waals surface area (Å²) in [6, 6.07) is 8.91. The molecule has 6 nitrogen and oxygen atoms in total. The molecule has 0 unspecified atom stereocenters. The first-order chi connectivity index (χ1) is 9.77. The second kappa shape index (κ2) is 5.51. The van der Waals surface area contributed by atoms with Crippen LogP contribution in [0.1, 0.15) is 10.4 Å². The first-order valence-electron chi connectivity index (χ1n) is 5.76. The lowest BCUT2D eigenvalue weighted by Gasteiger charge is -2.08. The molecule has 0 fully saturated rings. The first-order valence-corrected chi connectivity index (χ1v) is 7.31. The zero-order valence-corrected chi connectivity index (χ0v) is 11.5. The van der Waals surface area contributed by atoms with Crippen LogP contribution in [0, 0.1) is 5.82 Å². The zero-order valence-electron chi connectivity index (χ0n) is 10.7. The molecule has 0 saturated carbocycles. The number of carbonyl (C=O) groups is 1. The van der Waals surface area contributed by atoms with Crippen molar-refractivity contribution in [2.45, 2.75) is 4.90 Å². The van der Waals surface area contributed by atoms with Crippen molar-refractivity contribution in [2.75, 3.05) is 11.1 Å². The van der Waals surface area contributed by atoms with E-state index < -0.39 is 21.7 Å². The molecule has 0 bridgehead atoms. The van der Waals surface area contributed by atoms with Crippen LogP contribution in [0.4, 0.5) is 15.8 Å². The third-order valence-electron chi connectivity index (χ3n) is 2.66. The molecule has 0 atom stereocenters. The Morgan fingerprint density at radius 3 is 2.52 bits per heavy atom.